The molecule has 1 N–H and O–H groups in total. The van der Waals surface area contributed by atoms with Crippen molar-refractivity contribution in [3.8, 4) is 0 Å². The van der Waals surface area contributed by atoms with Crippen molar-refractivity contribution < 1.29 is 0 Å². The van der Waals surface area contributed by atoms with Crippen LogP contribution in [0.15, 0.2) is 11.6 Å². The summed E-state index contributed by atoms with van der Waals surface area (Å²) < 4.78 is 0. The Morgan fingerprint density at radius 1 is 1.50 bits per heavy atom. The highest BCUT2D eigenvalue weighted by Gasteiger charge is 2.18. The van der Waals surface area contributed by atoms with E-state index >= 15 is 0 Å². The SMILES string of the molecule is CN(C)CC(C)(C)CNc1nccs1. The summed E-state index contributed by atoms with van der Waals surface area (Å²) in [4.78, 5) is 6.40. The summed E-state index contributed by atoms with van der Waals surface area (Å²) in [6, 6.07) is 0. The lowest BCUT2D eigenvalue weighted by molar-refractivity contribution is 0.254. The number of aromatic nitrogens is 1. The van der Waals surface area contributed by atoms with Crippen LogP contribution in [0.4, 0.5) is 5.13 Å². The third-order valence-electron chi connectivity index (χ3n) is 1.89. The fraction of sp³-hybridized carbons (Fsp3) is 0.700. The second kappa shape index (κ2) is 4.75. The molecule has 80 valence electrons. The van der Waals surface area contributed by atoms with Gasteiger partial charge in [-0.2, -0.15) is 0 Å². The molecule has 0 amide bonds. The molecule has 1 aromatic rings. The second-order valence-corrected chi connectivity index (χ2v) is 5.49. The predicted octanol–water partition coefficient (Wildman–Crippen LogP) is 2.14. The number of hydrogen-bond acceptors (Lipinski definition) is 4. The van der Waals surface area contributed by atoms with Crippen molar-refractivity contribution in [2.75, 3.05) is 32.5 Å². The van der Waals surface area contributed by atoms with Gasteiger partial charge < -0.3 is 10.2 Å². The van der Waals surface area contributed by atoms with Gasteiger partial charge in [0.1, 0.15) is 0 Å². The van der Waals surface area contributed by atoms with Crippen LogP contribution in [-0.4, -0.2) is 37.1 Å². The van der Waals surface area contributed by atoms with Crippen molar-refractivity contribution in [3.05, 3.63) is 11.6 Å². The minimum atomic E-state index is 0.273. The number of nitrogens with one attached hydrogen (secondary N) is 1. The molecule has 3 nitrogen and oxygen atoms in total. The standard InChI is InChI=1S/C10H19N3S/c1-10(2,8-13(3)4)7-12-9-11-5-6-14-9/h5-6H,7-8H2,1-4H3,(H,11,12). The highest BCUT2D eigenvalue weighted by atomic mass is 32.1. The first-order valence-electron chi connectivity index (χ1n) is 4.78. The Morgan fingerprint density at radius 2 is 2.21 bits per heavy atom. The van der Waals surface area contributed by atoms with Crippen LogP contribution in [-0.2, 0) is 0 Å². The number of thiazole rings is 1. The summed E-state index contributed by atoms with van der Waals surface area (Å²) in [7, 11) is 4.20. The maximum atomic E-state index is 4.19. The molecule has 0 aliphatic carbocycles. The summed E-state index contributed by atoms with van der Waals surface area (Å²) in [5.74, 6) is 0. The minimum absolute atomic E-state index is 0.273. The van der Waals surface area contributed by atoms with Crippen LogP contribution in [0.2, 0.25) is 0 Å². The molecule has 0 aliphatic heterocycles. The lowest BCUT2D eigenvalue weighted by Gasteiger charge is -2.28. The Labute approximate surface area is 90.2 Å². The fourth-order valence-electron chi connectivity index (χ4n) is 1.54. The van der Waals surface area contributed by atoms with Crippen LogP contribution in [0.3, 0.4) is 0 Å². The second-order valence-electron chi connectivity index (χ2n) is 4.59. The molecule has 0 bridgehead atoms. The van der Waals surface area contributed by atoms with Gasteiger partial charge in [0.15, 0.2) is 5.13 Å². The van der Waals surface area contributed by atoms with E-state index in [9.17, 15) is 0 Å². The minimum Gasteiger partial charge on any atom is -0.361 e. The van der Waals surface area contributed by atoms with Gasteiger partial charge in [-0.25, -0.2) is 4.98 Å². The molecule has 1 heterocycles. The van der Waals surface area contributed by atoms with E-state index in [0.717, 1.165) is 18.2 Å². The third-order valence-corrected chi connectivity index (χ3v) is 2.63. The van der Waals surface area contributed by atoms with Crippen LogP contribution in [0.1, 0.15) is 13.8 Å². The topological polar surface area (TPSA) is 28.2 Å². The predicted molar refractivity (Wildman–Crippen MR) is 62.9 cm³/mol. The lowest BCUT2D eigenvalue weighted by Crippen LogP contribution is -2.34. The van der Waals surface area contributed by atoms with E-state index in [2.05, 4.69) is 43.1 Å². The molecule has 0 saturated heterocycles. The normalized spacial score (nSPS) is 12.1. The molecule has 0 aliphatic rings. The summed E-state index contributed by atoms with van der Waals surface area (Å²) in [5.41, 5.74) is 0.273. The van der Waals surface area contributed by atoms with E-state index in [0.29, 0.717) is 0 Å². The zero-order valence-electron chi connectivity index (χ0n) is 9.37. The third kappa shape index (κ3) is 4.07. The number of nitrogens with zero attached hydrogens (tertiary/aromatic N) is 2. The molecule has 0 aromatic carbocycles. The fourth-order valence-corrected chi connectivity index (χ4v) is 2.07. The van der Waals surface area contributed by atoms with Crippen molar-refractivity contribution >= 4 is 16.5 Å². The number of rotatable bonds is 5. The van der Waals surface area contributed by atoms with E-state index < -0.39 is 0 Å². The Bertz CT molecular complexity index is 254. The Kier molecular flexibility index (Phi) is 3.89. The van der Waals surface area contributed by atoms with E-state index in [4.69, 9.17) is 0 Å². The molecule has 0 spiro atoms. The molecular formula is C10H19N3S. The van der Waals surface area contributed by atoms with Crippen LogP contribution in [0, 0.1) is 5.41 Å². The highest BCUT2D eigenvalue weighted by molar-refractivity contribution is 7.13. The molecule has 14 heavy (non-hydrogen) atoms. The smallest absolute Gasteiger partial charge is 0.182 e. The van der Waals surface area contributed by atoms with Crippen LogP contribution >= 0.6 is 11.3 Å². The Hall–Kier alpha value is -0.610. The molecular weight excluding hydrogens is 194 g/mol. The monoisotopic (exact) mass is 213 g/mol. The van der Waals surface area contributed by atoms with Gasteiger partial charge in [-0.3, -0.25) is 0 Å². The highest BCUT2D eigenvalue weighted by Crippen LogP contribution is 2.18. The average Bonchev–Trinajstić information content (AvgIpc) is 2.50. The van der Waals surface area contributed by atoms with Gasteiger partial charge in [0.05, 0.1) is 0 Å². The van der Waals surface area contributed by atoms with Gasteiger partial charge >= 0.3 is 0 Å². The summed E-state index contributed by atoms with van der Waals surface area (Å²) >= 11 is 1.65. The summed E-state index contributed by atoms with van der Waals surface area (Å²) in [6.07, 6.45) is 1.83. The van der Waals surface area contributed by atoms with Crippen molar-refractivity contribution in [3.63, 3.8) is 0 Å². The maximum Gasteiger partial charge on any atom is 0.182 e. The molecule has 0 radical (unpaired) electrons. The lowest BCUT2D eigenvalue weighted by atomic mass is 9.93. The van der Waals surface area contributed by atoms with E-state index in [1.165, 1.54) is 0 Å². The van der Waals surface area contributed by atoms with Gasteiger partial charge in [-0.15, -0.1) is 11.3 Å². The zero-order chi connectivity index (χ0) is 10.6. The Morgan fingerprint density at radius 3 is 2.71 bits per heavy atom. The van der Waals surface area contributed by atoms with Gasteiger partial charge in [0.2, 0.25) is 0 Å². The quantitative estimate of drug-likeness (QED) is 0.812. The van der Waals surface area contributed by atoms with Gasteiger partial charge in [0.25, 0.3) is 0 Å². The van der Waals surface area contributed by atoms with E-state index in [1.54, 1.807) is 11.3 Å². The molecule has 4 heteroatoms. The van der Waals surface area contributed by atoms with E-state index in [1.807, 2.05) is 11.6 Å². The van der Waals surface area contributed by atoms with Crippen LogP contribution in [0.25, 0.3) is 0 Å². The van der Waals surface area contributed by atoms with Gasteiger partial charge in [0, 0.05) is 24.7 Å². The molecule has 0 fully saturated rings. The van der Waals surface area contributed by atoms with Crippen LogP contribution in [0.5, 0.6) is 0 Å². The van der Waals surface area contributed by atoms with Gasteiger partial charge in [-0.1, -0.05) is 13.8 Å². The number of hydrogen-bond donors (Lipinski definition) is 1. The summed E-state index contributed by atoms with van der Waals surface area (Å²) in [5, 5.41) is 6.35. The summed E-state index contributed by atoms with van der Waals surface area (Å²) in [6.45, 7) is 6.55. The molecule has 0 unspecified atom stereocenters. The van der Waals surface area contributed by atoms with Crippen molar-refractivity contribution in [2.45, 2.75) is 13.8 Å². The van der Waals surface area contributed by atoms with Crippen molar-refractivity contribution in [1.29, 1.82) is 0 Å². The molecule has 0 saturated carbocycles. The van der Waals surface area contributed by atoms with E-state index in [-0.39, 0.29) is 5.41 Å². The first-order valence-corrected chi connectivity index (χ1v) is 5.66. The average molecular weight is 213 g/mol. The van der Waals surface area contributed by atoms with Gasteiger partial charge in [-0.05, 0) is 19.5 Å². The number of anilines is 1. The molecule has 1 aromatic heterocycles. The maximum absolute atomic E-state index is 4.19. The van der Waals surface area contributed by atoms with Crippen LogP contribution < -0.4 is 5.32 Å². The van der Waals surface area contributed by atoms with Crippen molar-refractivity contribution in [1.82, 2.24) is 9.88 Å². The first kappa shape index (κ1) is 11.5. The first-order chi connectivity index (χ1) is 6.49. The molecule has 1 rings (SSSR count). The largest absolute Gasteiger partial charge is 0.361 e. The molecule has 0 atom stereocenters. The zero-order valence-corrected chi connectivity index (χ0v) is 10.2. The Balaban J connectivity index is 2.36. The van der Waals surface area contributed by atoms with Crippen molar-refractivity contribution in [2.24, 2.45) is 5.41 Å².